The average Bonchev–Trinajstić information content (AvgIpc) is 3.03. The van der Waals surface area contributed by atoms with Crippen molar-refractivity contribution >= 4 is 11.5 Å². The predicted molar refractivity (Wildman–Crippen MR) is 79.8 cm³/mol. The van der Waals surface area contributed by atoms with Gasteiger partial charge in [0.1, 0.15) is 12.2 Å². The SMILES string of the molecule is CCn1ncnc1CC(NC)c1snnc1C(C)(C)C. The first-order chi connectivity index (χ1) is 9.47. The minimum Gasteiger partial charge on any atom is -0.312 e. The normalized spacial score (nSPS) is 13.7. The number of aryl methyl sites for hydroxylation is 1. The molecule has 0 bridgehead atoms. The maximum absolute atomic E-state index is 4.35. The Balaban J connectivity index is 2.28. The van der Waals surface area contributed by atoms with Crippen molar-refractivity contribution in [3.63, 3.8) is 0 Å². The summed E-state index contributed by atoms with van der Waals surface area (Å²) in [6, 6.07) is 0.165. The molecule has 2 heterocycles. The largest absolute Gasteiger partial charge is 0.312 e. The molecule has 110 valence electrons. The first-order valence-electron chi connectivity index (χ1n) is 6.84. The Hall–Kier alpha value is -1.34. The third kappa shape index (κ3) is 3.04. The van der Waals surface area contributed by atoms with Crippen LogP contribution in [0.4, 0.5) is 0 Å². The molecule has 0 radical (unpaired) electrons. The topological polar surface area (TPSA) is 68.5 Å². The summed E-state index contributed by atoms with van der Waals surface area (Å²) in [5.41, 5.74) is 1.06. The Morgan fingerprint density at radius 3 is 2.75 bits per heavy atom. The molecule has 0 saturated heterocycles. The lowest BCUT2D eigenvalue weighted by Gasteiger charge is -2.21. The first kappa shape index (κ1) is 15.1. The summed E-state index contributed by atoms with van der Waals surface area (Å²) in [5, 5.41) is 11.9. The fourth-order valence-electron chi connectivity index (χ4n) is 2.16. The second-order valence-corrected chi connectivity index (χ2v) is 6.56. The molecule has 0 amide bonds. The van der Waals surface area contributed by atoms with Gasteiger partial charge in [0.05, 0.1) is 16.6 Å². The molecule has 1 unspecified atom stereocenters. The van der Waals surface area contributed by atoms with E-state index in [1.165, 1.54) is 16.4 Å². The van der Waals surface area contributed by atoms with Gasteiger partial charge in [-0.2, -0.15) is 5.10 Å². The maximum Gasteiger partial charge on any atom is 0.138 e. The van der Waals surface area contributed by atoms with E-state index in [0.29, 0.717) is 0 Å². The molecule has 0 saturated carbocycles. The van der Waals surface area contributed by atoms with Gasteiger partial charge in [0, 0.05) is 18.4 Å². The van der Waals surface area contributed by atoms with Crippen molar-refractivity contribution in [1.82, 2.24) is 29.7 Å². The third-order valence-electron chi connectivity index (χ3n) is 3.27. The van der Waals surface area contributed by atoms with E-state index in [2.05, 4.69) is 52.7 Å². The van der Waals surface area contributed by atoms with Gasteiger partial charge in [-0.1, -0.05) is 25.3 Å². The minimum absolute atomic E-state index is 0.00410. The van der Waals surface area contributed by atoms with Crippen LogP contribution in [0.15, 0.2) is 6.33 Å². The highest BCUT2D eigenvalue weighted by molar-refractivity contribution is 7.05. The molecule has 0 aliphatic carbocycles. The van der Waals surface area contributed by atoms with E-state index in [4.69, 9.17) is 0 Å². The number of nitrogens with zero attached hydrogens (tertiary/aromatic N) is 5. The molecule has 0 spiro atoms. The molecule has 7 heteroatoms. The van der Waals surface area contributed by atoms with Gasteiger partial charge in [0.2, 0.25) is 0 Å². The van der Waals surface area contributed by atoms with Crippen molar-refractivity contribution < 1.29 is 0 Å². The zero-order valence-electron chi connectivity index (χ0n) is 12.7. The lowest BCUT2D eigenvalue weighted by molar-refractivity contribution is 0.510. The highest BCUT2D eigenvalue weighted by Gasteiger charge is 2.27. The van der Waals surface area contributed by atoms with Crippen LogP contribution in [0.3, 0.4) is 0 Å². The van der Waals surface area contributed by atoms with Crippen LogP contribution in [-0.2, 0) is 18.4 Å². The lowest BCUT2D eigenvalue weighted by Crippen LogP contribution is -2.24. The number of rotatable bonds is 5. The lowest BCUT2D eigenvalue weighted by atomic mass is 9.89. The van der Waals surface area contributed by atoms with Crippen molar-refractivity contribution in [3.8, 4) is 0 Å². The van der Waals surface area contributed by atoms with Crippen LogP contribution in [0.25, 0.3) is 0 Å². The fourth-order valence-corrected chi connectivity index (χ4v) is 3.14. The summed E-state index contributed by atoms with van der Waals surface area (Å²) in [6.07, 6.45) is 2.40. The maximum atomic E-state index is 4.35. The standard InChI is InChI=1S/C13H22N6S/c1-6-19-10(15-8-16-19)7-9(14-5)11-12(13(2,3)4)17-18-20-11/h8-9,14H,6-7H2,1-5H3. The van der Waals surface area contributed by atoms with E-state index in [0.717, 1.165) is 24.5 Å². The van der Waals surface area contributed by atoms with Crippen LogP contribution in [0.2, 0.25) is 0 Å². The number of hydrogen-bond acceptors (Lipinski definition) is 6. The molecule has 1 N–H and O–H groups in total. The first-order valence-corrected chi connectivity index (χ1v) is 7.61. The van der Waals surface area contributed by atoms with Gasteiger partial charge in [-0.3, -0.25) is 4.68 Å². The smallest absolute Gasteiger partial charge is 0.138 e. The molecule has 0 aliphatic rings. The second-order valence-electron chi connectivity index (χ2n) is 5.77. The monoisotopic (exact) mass is 294 g/mol. The number of aromatic nitrogens is 5. The Morgan fingerprint density at radius 2 is 2.15 bits per heavy atom. The van der Waals surface area contributed by atoms with Crippen molar-refractivity contribution in [2.24, 2.45) is 0 Å². The Labute approximate surface area is 123 Å². The molecular weight excluding hydrogens is 272 g/mol. The number of nitrogens with one attached hydrogen (secondary N) is 1. The average molecular weight is 294 g/mol. The molecule has 1 atom stereocenters. The summed E-state index contributed by atoms with van der Waals surface area (Å²) >= 11 is 1.46. The van der Waals surface area contributed by atoms with Gasteiger partial charge in [-0.25, -0.2) is 4.98 Å². The molecule has 0 aliphatic heterocycles. The highest BCUT2D eigenvalue weighted by Crippen LogP contribution is 2.31. The molecule has 6 nitrogen and oxygen atoms in total. The second kappa shape index (κ2) is 5.97. The molecule has 2 rings (SSSR count). The molecule has 0 fully saturated rings. The van der Waals surface area contributed by atoms with Crippen LogP contribution in [-0.4, -0.2) is 31.4 Å². The quantitative estimate of drug-likeness (QED) is 0.913. The fraction of sp³-hybridized carbons (Fsp3) is 0.692. The van der Waals surface area contributed by atoms with Crippen LogP contribution in [0.5, 0.6) is 0 Å². The van der Waals surface area contributed by atoms with Crippen LogP contribution < -0.4 is 5.32 Å². The van der Waals surface area contributed by atoms with E-state index in [1.807, 2.05) is 11.7 Å². The Morgan fingerprint density at radius 1 is 1.40 bits per heavy atom. The van der Waals surface area contributed by atoms with E-state index < -0.39 is 0 Å². The molecule has 2 aromatic heterocycles. The zero-order valence-corrected chi connectivity index (χ0v) is 13.5. The van der Waals surface area contributed by atoms with Crippen molar-refractivity contribution in [3.05, 3.63) is 22.7 Å². The van der Waals surface area contributed by atoms with E-state index >= 15 is 0 Å². The Bertz CT molecular complexity index is 553. The van der Waals surface area contributed by atoms with Crippen molar-refractivity contribution in [1.29, 1.82) is 0 Å². The summed E-state index contributed by atoms with van der Waals surface area (Å²) in [6.45, 7) is 9.39. The van der Waals surface area contributed by atoms with Gasteiger partial charge in [-0.05, 0) is 25.5 Å². The minimum atomic E-state index is -0.00410. The third-order valence-corrected chi connectivity index (χ3v) is 4.11. The molecule has 2 aromatic rings. The summed E-state index contributed by atoms with van der Waals surface area (Å²) in [4.78, 5) is 5.54. The predicted octanol–water partition coefficient (Wildman–Crippen LogP) is 1.95. The number of hydrogen-bond donors (Lipinski definition) is 1. The van der Waals surface area contributed by atoms with Crippen molar-refractivity contribution in [2.75, 3.05) is 7.05 Å². The van der Waals surface area contributed by atoms with Gasteiger partial charge in [0.15, 0.2) is 0 Å². The molecule has 20 heavy (non-hydrogen) atoms. The van der Waals surface area contributed by atoms with Gasteiger partial charge in [0.25, 0.3) is 0 Å². The zero-order chi connectivity index (χ0) is 14.8. The van der Waals surface area contributed by atoms with Crippen LogP contribution >= 0.6 is 11.5 Å². The van der Waals surface area contributed by atoms with E-state index in [9.17, 15) is 0 Å². The van der Waals surface area contributed by atoms with E-state index in [1.54, 1.807) is 6.33 Å². The molecular formula is C13H22N6S. The van der Waals surface area contributed by atoms with Gasteiger partial charge >= 0.3 is 0 Å². The summed E-state index contributed by atoms with van der Waals surface area (Å²) in [5.74, 6) is 0.986. The van der Waals surface area contributed by atoms with E-state index in [-0.39, 0.29) is 11.5 Å². The summed E-state index contributed by atoms with van der Waals surface area (Å²) in [7, 11) is 1.96. The van der Waals surface area contributed by atoms with Gasteiger partial charge < -0.3 is 5.32 Å². The van der Waals surface area contributed by atoms with Crippen molar-refractivity contribution in [2.45, 2.75) is 52.1 Å². The van der Waals surface area contributed by atoms with Crippen LogP contribution in [0.1, 0.15) is 50.1 Å². The van der Waals surface area contributed by atoms with Crippen LogP contribution in [0, 0.1) is 0 Å². The molecule has 0 aromatic carbocycles. The summed E-state index contributed by atoms with van der Waals surface area (Å²) < 4.78 is 6.06. The highest BCUT2D eigenvalue weighted by atomic mass is 32.1. The number of likely N-dealkylation sites (N-methyl/N-ethyl adjacent to an activating group) is 1. The Kier molecular flexibility index (Phi) is 4.49. The van der Waals surface area contributed by atoms with Gasteiger partial charge in [-0.15, -0.1) is 5.10 Å².